The van der Waals surface area contributed by atoms with Crippen LogP contribution in [0.15, 0.2) is 57.3 Å². The van der Waals surface area contributed by atoms with Crippen LogP contribution >= 0.6 is 11.3 Å². The molecule has 33 heavy (non-hydrogen) atoms. The largest absolute Gasteiger partial charge is 0.486 e. The Morgan fingerprint density at radius 2 is 1.76 bits per heavy atom. The van der Waals surface area contributed by atoms with Gasteiger partial charge in [0, 0.05) is 18.7 Å². The van der Waals surface area contributed by atoms with Crippen molar-refractivity contribution in [1.29, 1.82) is 0 Å². The minimum absolute atomic E-state index is 0.0974. The normalized spacial score (nSPS) is 13.2. The molecule has 4 aromatic rings. The number of benzene rings is 2. The second-order valence-corrected chi connectivity index (χ2v) is 10.5. The molecule has 0 saturated carbocycles. The Hall–Kier alpha value is -3.37. The number of hydrogen-bond acceptors (Lipinski definition) is 8. The maximum absolute atomic E-state index is 13.5. The second kappa shape index (κ2) is 8.20. The van der Waals surface area contributed by atoms with E-state index >= 15 is 0 Å². The highest BCUT2D eigenvalue weighted by Gasteiger charge is 2.29. The molecule has 170 valence electrons. The topological polar surface area (TPSA) is 94.8 Å². The number of hydrogen-bond donors (Lipinski definition) is 0. The molecule has 0 N–H and O–H groups in total. The van der Waals surface area contributed by atoms with Crippen LogP contribution in [-0.4, -0.2) is 38.8 Å². The van der Waals surface area contributed by atoms with Crippen LogP contribution < -0.4 is 13.8 Å². The molecule has 2 aromatic carbocycles. The predicted octanol–water partition coefficient (Wildman–Crippen LogP) is 4.68. The van der Waals surface area contributed by atoms with Gasteiger partial charge in [-0.25, -0.2) is 8.42 Å². The fraction of sp³-hybridized carbons (Fsp3) is 0.217. The summed E-state index contributed by atoms with van der Waals surface area (Å²) in [6.07, 6.45) is 0. The number of sulfonamides is 1. The third kappa shape index (κ3) is 3.85. The Kier molecular flexibility index (Phi) is 5.34. The van der Waals surface area contributed by atoms with E-state index < -0.39 is 10.0 Å². The number of fused-ring (bicyclic) bond motifs is 1. The van der Waals surface area contributed by atoms with Crippen LogP contribution in [0.3, 0.4) is 0 Å². The van der Waals surface area contributed by atoms with Crippen LogP contribution in [0.2, 0.25) is 0 Å². The van der Waals surface area contributed by atoms with Gasteiger partial charge < -0.3 is 14.0 Å². The summed E-state index contributed by atoms with van der Waals surface area (Å²) < 4.78 is 44.8. The zero-order valence-electron chi connectivity index (χ0n) is 18.2. The van der Waals surface area contributed by atoms with Crippen molar-refractivity contribution in [3.8, 4) is 33.7 Å². The number of nitrogens with zero attached hydrogens (tertiary/aromatic N) is 3. The summed E-state index contributed by atoms with van der Waals surface area (Å²) in [5.41, 5.74) is 3.54. The number of thiophene rings is 1. The highest BCUT2D eigenvalue weighted by molar-refractivity contribution is 7.93. The third-order valence-corrected chi connectivity index (χ3v) is 8.40. The number of ether oxygens (including phenoxy) is 2. The van der Waals surface area contributed by atoms with E-state index in [0.29, 0.717) is 41.1 Å². The quantitative estimate of drug-likeness (QED) is 0.407. The van der Waals surface area contributed by atoms with E-state index in [2.05, 4.69) is 10.1 Å². The standard InChI is InChI=1S/C23H21N3O5S2/c1-14-4-5-16(12-15(14)2)22-24-23(31-25-22)21-20(8-11-32-21)33(27,28)26(3)17-6-7-18-19(13-17)30-10-9-29-18/h4-8,11-13H,9-10H2,1-3H3. The molecular formula is C23H21N3O5S2. The third-order valence-electron chi connectivity index (χ3n) is 5.54. The van der Waals surface area contributed by atoms with Gasteiger partial charge in [0.2, 0.25) is 5.82 Å². The maximum atomic E-state index is 13.5. The van der Waals surface area contributed by atoms with Crippen LogP contribution in [-0.2, 0) is 10.0 Å². The van der Waals surface area contributed by atoms with Crippen LogP contribution in [0.1, 0.15) is 11.1 Å². The molecule has 0 saturated heterocycles. The van der Waals surface area contributed by atoms with Gasteiger partial charge in [0.25, 0.3) is 15.9 Å². The Balaban J connectivity index is 1.48. The highest BCUT2D eigenvalue weighted by Crippen LogP contribution is 2.38. The summed E-state index contributed by atoms with van der Waals surface area (Å²) in [7, 11) is -2.41. The van der Waals surface area contributed by atoms with Gasteiger partial charge in [-0.3, -0.25) is 4.31 Å². The molecule has 0 bridgehead atoms. The molecule has 0 unspecified atom stereocenters. The summed E-state index contributed by atoms with van der Waals surface area (Å²) in [5, 5.41) is 5.76. The lowest BCUT2D eigenvalue weighted by Gasteiger charge is -2.23. The van der Waals surface area contributed by atoms with Crippen molar-refractivity contribution in [1.82, 2.24) is 10.1 Å². The molecule has 0 spiro atoms. The first-order valence-electron chi connectivity index (χ1n) is 10.2. The van der Waals surface area contributed by atoms with Gasteiger partial charge in [0.1, 0.15) is 23.0 Å². The first-order chi connectivity index (χ1) is 15.8. The maximum Gasteiger partial charge on any atom is 0.269 e. The van der Waals surface area contributed by atoms with Gasteiger partial charge in [-0.1, -0.05) is 17.3 Å². The molecule has 0 amide bonds. The number of aryl methyl sites for hydroxylation is 2. The van der Waals surface area contributed by atoms with Gasteiger partial charge in [-0.05, 0) is 54.6 Å². The van der Waals surface area contributed by atoms with Crippen molar-refractivity contribution in [2.45, 2.75) is 18.7 Å². The van der Waals surface area contributed by atoms with Crippen LogP contribution in [0, 0.1) is 13.8 Å². The molecule has 1 aliphatic heterocycles. The predicted molar refractivity (Wildman–Crippen MR) is 126 cm³/mol. The molecule has 0 radical (unpaired) electrons. The second-order valence-electron chi connectivity index (χ2n) is 7.64. The number of aromatic nitrogens is 2. The highest BCUT2D eigenvalue weighted by atomic mass is 32.2. The van der Waals surface area contributed by atoms with E-state index in [1.54, 1.807) is 29.6 Å². The molecule has 5 rings (SSSR count). The molecule has 0 aliphatic carbocycles. The Labute approximate surface area is 195 Å². The Morgan fingerprint density at radius 1 is 0.970 bits per heavy atom. The van der Waals surface area contributed by atoms with E-state index in [-0.39, 0.29) is 10.8 Å². The fourth-order valence-corrected chi connectivity index (χ4v) is 5.99. The molecule has 0 fully saturated rings. The summed E-state index contributed by atoms with van der Waals surface area (Å²) in [6.45, 7) is 4.92. The van der Waals surface area contributed by atoms with Crippen molar-refractivity contribution in [3.63, 3.8) is 0 Å². The van der Waals surface area contributed by atoms with Crippen molar-refractivity contribution >= 4 is 27.0 Å². The van der Waals surface area contributed by atoms with E-state index in [0.717, 1.165) is 16.7 Å². The summed E-state index contributed by atoms with van der Waals surface area (Å²) in [6, 6.07) is 12.5. The first-order valence-corrected chi connectivity index (χ1v) is 12.5. The average Bonchev–Trinajstić information content (AvgIpc) is 3.50. The Bertz CT molecular complexity index is 1440. The average molecular weight is 484 g/mol. The van der Waals surface area contributed by atoms with E-state index in [1.807, 2.05) is 32.0 Å². The van der Waals surface area contributed by atoms with E-state index in [9.17, 15) is 8.42 Å². The zero-order chi connectivity index (χ0) is 23.2. The molecule has 2 aromatic heterocycles. The zero-order valence-corrected chi connectivity index (χ0v) is 19.9. The van der Waals surface area contributed by atoms with Crippen LogP contribution in [0.4, 0.5) is 5.69 Å². The monoisotopic (exact) mass is 483 g/mol. The molecular weight excluding hydrogens is 462 g/mol. The van der Waals surface area contributed by atoms with Crippen molar-refractivity contribution in [2.24, 2.45) is 0 Å². The summed E-state index contributed by atoms with van der Waals surface area (Å²) in [4.78, 5) is 4.96. The minimum Gasteiger partial charge on any atom is -0.486 e. The van der Waals surface area contributed by atoms with Gasteiger partial charge in [-0.15, -0.1) is 11.3 Å². The van der Waals surface area contributed by atoms with Crippen molar-refractivity contribution in [3.05, 3.63) is 59.0 Å². The van der Waals surface area contributed by atoms with Gasteiger partial charge >= 0.3 is 0 Å². The van der Waals surface area contributed by atoms with Gasteiger partial charge in [0.05, 0.1) is 5.69 Å². The van der Waals surface area contributed by atoms with E-state index in [4.69, 9.17) is 14.0 Å². The minimum atomic E-state index is -3.90. The fourth-order valence-electron chi connectivity index (χ4n) is 3.48. The lowest BCUT2D eigenvalue weighted by Crippen LogP contribution is -2.27. The Morgan fingerprint density at radius 3 is 2.55 bits per heavy atom. The number of anilines is 1. The van der Waals surface area contributed by atoms with Gasteiger partial charge in [0.15, 0.2) is 11.5 Å². The first kappa shape index (κ1) is 21.5. The SMILES string of the molecule is Cc1ccc(-c2noc(-c3sccc3S(=O)(=O)N(C)c3ccc4c(c3)OCCO4)n2)cc1C. The molecule has 10 heteroatoms. The van der Waals surface area contributed by atoms with Crippen molar-refractivity contribution in [2.75, 3.05) is 24.6 Å². The summed E-state index contributed by atoms with van der Waals surface area (Å²) in [5.74, 6) is 1.68. The molecule has 8 nitrogen and oxygen atoms in total. The van der Waals surface area contributed by atoms with Crippen LogP contribution in [0.25, 0.3) is 22.2 Å². The van der Waals surface area contributed by atoms with E-state index in [1.165, 1.54) is 22.7 Å². The van der Waals surface area contributed by atoms with Crippen molar-refractivity contribution < 1.29 is 22.4 Å². The summed E-state index contributed by atoms with van der Waals surface area (Å²) >= 11 is 1.23. The molecule has 3 heterocycles. The molecule has 0 atom stereocenters. The van der Waals surface area contributed by atoms with Crippen LogP contribution in [0.5, 0.6) is 11.5 Å². The molecule has 1 aliphatic rings. The number of rotatable bonds is 5. The lowest BCUT2D eigenvalue weighted by atomic mass is 10.1. The van der Waals surface area contributed by atoms with Gasteiger partial charge in [-0.2, -0.15) is 4.98 Å². The lowest BCUT2D eigenvalue weighted by molar-refractivity contribution is 0.171. The smallest absolute Gasteiger partial charge is 0.269 e.